The topological polar surface area (TPSA) is 53.5 Å². The minimum absolute atomic E-state index is 0.125. The minimum atomic E-state index is -0.514. The van der Waals surface area contributed by atoms with Crippen molar-refractivity contribution in [3.05, 3.63) is 35.2 Å². The van der Waals surface area contributed by atoms with Crippen LogP contribution in [0.3, 0.4) is 0 Å². The van der Waals surface area contributed by atoms with Crippen molar-refractivity contribution in [1.82, 2.24) is 14.9 Å². The predicted molar refractivity (Wildman–Crippen MR) is 93.0 cm³/mol. The Morgan fingerprint density at radius 1 is 1.25 bits per heavy atom. The number of benzene rings is 1. The van der Waals surface area contributed by atoms with Crippen LogP contribution in [0.5, 0.6) is 5.75 Å². The molecule has 0 radical (unpaired) electrons. The Hall–Kier alpha value is -2.12. The number of anilines is 3. The van der Waals surface area contributed by atoms with E-state index in [9.17, 15) is 4.39 Å². The highest BCUT2D eigenvalue weighted by Crippen LogP contribution is 2.29. The molecular formula is C16H19ClFN5O. The lowest BCUT2D eigenvalue weighted by Crippen LogP contribution is -2.45. The van der Waals surface area contributed by atoms with E-state index in [4.69, 9.17) is 16.3 Å². The fourth-order valence-electron chi connectivity index (χ4n) is 2.49. The van der Waals surface area contributed by atoms with Gasteiger partial charge in [-0.3, -0.25) is 0 Å². The number of hydrogen-bond acceptors (Lipinski definition) is 6. The van der Waals surface area contributed by atoms with Gasteiger partial charge in [-0.05, 0) is 25.2 Å². The lowest BCUT2D eigenvalue weighted by atomic mass is 10.3. The fraction of sp³-hybridized carbons (Fsp3) is 0.375. The van der Waals surface area contributed by atoms with Gasteiger partial charge in [0.1, 0.15) is 5.75 Å². The summed E-state index contributed by atoms with van der Waals surface area (Å²) in [7, 11) is 3.62. The van der Waals surface area contributed by atoms with E-state index in [1.807, 2.05) is 4.90 Å². The Labute approximate surface area is 145 Å². The molecule has 24 heavy (non-hydrogen) atoms. The minimum Gasteiger partial charge on any atom is -0.495 e. The van der Waals surface area contributed by atoms with Gasteiger partial charge in [0.15, 0.2) is 11.6 Å². The third-order valence-electron chi connectivity index (χ3n) is 3.93. The average molecular weight is 352 g/mol. The summed E-state index contributed by atoms with van der Waals surface area (Å²) in [5.41, 5.74) is 0.628. The van der Waals surface area contributed by atoms with Crippen LogP contribution in [0.2, 0.25) is 5.02 Å². The van der Waals surface area contributed by atoms with E-state index in [-0.39, 0.29) is 5.82 Å². The molecule has 0 atom stereocenters. The highest BCUT2D eigenvalue weighted by Gasteiger charge is 2.18. The van der Waals surface area contributed by atoms with Crippen molar-refractivity contribution in [3.63, 3.8) is 0 Å². The summed E-state index contributed by atoms with van der Waals surface area (Å²) in [5, 5.41) is 3.39. The van der Waals surface area contributed by atoms with E-state index < -0.39 is 5.82 Å². The first-order chi connectivity index (χ1) is 11.6. The third kappa shape index (κ3) is 3.68. The molecule has 1 aliphatic heterocycles. The summed E-state index contributed by atoms with van der Waals surface area (Å²) >= 11 is 6.10. The van der Waals surface area contributed by atoms with Crippen LogP contribution in [-0.4, -0.2) is 55.2 Å². The Morgan fingerprint density at radius 3 is 2.67 bits per heavy atom. The van der Waals surface area contributed by atoms with Crippen LogP contribution >= 0.6 is 11.6 Å². The molecular weight excluding hydrogens is 333 g/mol. The van der Waals surface area contributed by atoms with E-state index >= 15 is 0 Å². The second-order valence-corrected chi connectivity index (χ2v) is 6.04. The van der Waals surface area contributed by atoms with Crippen molar-refractivity contribution in [1.29, 1.82) is 0 Å². The van der Waals surface area contributed by atoms with Gasteiger partial charge in [0.2, 0.25) is 5.95 Å². The first-order valence-corrected chi connectivity index (χ1v) is 8.01. The molecule has 1 fully saturated rings. The zero-order chi connectivity index (χ0) is 17.1. The zero-order valence-electron chi connectivity index (χ0n) is 13.6. The molecule has 1 aliphatic rings. The first kappa shape index (κ1) is 16.7. The Balaban J connectivity index is 1.80. The second-order valence-electron chi connectivity index (χ2n) is 5.63. The molecule has 1 N–H and O–H groups in total. The normalized spacial score (nSPS) is 15.4. The van der Waals surface area contributed by atoms with Gasteiger partial charge in [0.25, 0.3) is 0 Å². The lowest BCUT2D eigenvalue weighted by molar-refractivity contribution is 0.311. The maximum atomic E-state index is 14.1. The quantitative estimate of drug-likeness (QED) is 0.914. The highest BCUT2D eigenvalue weighted by atomic mass is 35.5. The summed E-state index contributed by atoms with van der Waals surface area (Å²) in [6, 6.07) is 5.13. The molecule has 1 aromatic carbocycles. The summed E-state index contributed by atoms with van der Waals surface area (Å²) in [6.07, 6.45) is 1.19. The number of rotatable bonds is 4. The van der Waals surface area contributed by atoms with Gasteiger partial charge < -0.3 is 19.9 Å². The Kier molecular flexibility index (Phi) is 5.01. The van der Waals surface area contributed by atoms with Crippen LogP contribution < -0.4 is 15.0 Å². The van der Waals surface area contributed by atoms with Gasteiger partial charge in [-0.15, -0.1) is 0 Å². The van der Waals surface area contributed by atoms with Crippen molar-refractivity contribution < 1.29 is 9.13 Å². The molecule has 1 saturated heterocycles. The van der Waals surface area contributed by atoms with Crippen molar-refractivity contribution in [2.45, 2.75) is 0 Å². The predicted octanol–water partition coefficient (Wildman–Crippen LogP) is 2.77. The number of likely N-dealkylation sites (N-methyl/N-ethyl adjacent to an activating group) is 1. The van der Waals surface area contributed by atoms with Gasteiger partial charge >= 0.3 is 0 Å². The molecule has 8 heteroatoms. The molecule has 0 amide bonds. The molecule has 3 rings (SSSR count). The van der Waals surface area contributed by atoms with Crippen LogP contribution in [0.15, 0.2) is 24.4 Å². The molecule has 0 aliphatic carbocycles. The van der Waals surface area contributed by atoms with Gasteiger partial charge in [-0.1, -0.05) is 11.6 Å². The van der Waals surface area contributed by atoms with Crippen LogP contribution in [-0.2, 0) is 0 Å². The van der Waals surface area contributed by atoms with Crippen LogP contribution in [0, 0.1) is 5.82 Å². The average Bonchev–Trinajstić information content (AvgIpc) is 2.58. The monoisotopic (exact) mass is 351 g/mol. The van der Waals surface area contributed by atoms with E-state index in [1.54, 1.807) is 25.3 Å². The summed E-state index contributed by atoms with van der Waals surface area (Å²) in [5.74, 6) is 0.690. The summed E-state index contributed by atoms with van der Waals surface area (Å²) < 4.78 is 19.2. The maximum Gasteiger partial charge on any atom is 0.227 e. The summed E-state index contributed by atoms with van der Waals surface area (Å²) in [4.78, 5) is 12.7. The Morgan fingerprint density at radius 2 is 2.00 bits per heavy atom. The number of ether oxygens (including phenoxy) is 1. The number of nitrogens with one attached hydrogen (secondary N) is 1. The van der Waals surface area contributed by atoms with Gasteiger partial charge in [0.05, 0.1) is 18.3 Å². The fourth-order valence-corrected chi connectivity index (χ4v) is 2.74. The number of nitrogens with zero attached hydrogens (tertiary/aromatic N) is 4. The number of halogens is 2. The van der Waals surface area contributed by atoms with Gasteiger partial charge in [-0.25, -0.2) is 9.37 Å². The standard InChI is InChI=1S/C16H19ClFN5O/c1-22-5-7-23(8-6-22)16-19-10-13(18)15(21-16)20-11-3-4-14(24-2)12(17)9-11/h3-4,9-10H,5-8H2,1-2H3,(H,19,20,21). The molecule has 2 heterocycles. The molecule has 0 spiro atoms. The van der Waals surface area contributed by atoms with Crippen molar-refractivity contribution >= 4 is 29.1 Å². The largest absolute Gasteiger partial charge is 0.495 e. The van der Waals surface area contributed by atoms with Gasteiger partial charge in [0, 0.05) is 31.9 Å². The van der Waals surface area contributed by atoms with Crippen LogP contribution in [0.1, 0.15) is 0 Å². The first-order valence-electron chi connectivity index (χ1n) is 7.63. The third-order valence-corrected chi connectivity index (χ3v) is 4.23. The molecule has 2 aromatic rings. The molecule has 6 nitrogen and oxygen atoms in total. The molecule has 128 valence electrons. The van der Waals surface area contributed by atoms with Crippen LogP contribution in [0.4, 0.5) is 21.8 Å². The van der Waals surface area contributed by atoms with Gasteiger partial charge in [-0.2, -0.15) is 4.98 Å². The van der Waals surface area contributed by atoms with Crippen molar-refractivity contribution in [2.75, 3.05) is 50.6 Å². The molecule has 0 unspecified atom stereocenters. The lowest BCUT2D eigenvalue weighted by Gasteiger charge is -2.32. The maximum absolute atomic E-state index is 14.1. The van der Waals surface area contributed by atoms with E-state index in [0.717, 1.165) is 26.2 Å². The van der Waals surface area contributed by atoms with Crippen LogP contribution in [0.25, 0.3) is 0 Å². The molecule has 0 bridgehead atoms. The van der Waals surface area contributed by atoms with E-state index in [0.29, 0.717) is 22.4 Å². The second kappa shape index (κ2) is 7.19. The smallest absolute Gasteiger partial charge is 0.227 e. The number of methoxy groups -OCH3 is 1. The SMILES string of the molecule is COc1ccc(Nc2nc(N3CCN(C)CC3)ncc2F)cc1Cl. The van der Waals surface area contributed by atoms with Crippen molar-refractivity contribution in [3.8, 4) is 5.75 Å². The number of aromatic nitrogens is 2. The number of piperazine rings is 1. The van der Waals surface area contributed by atoms with E-state index in [2.05, 4.69) is 27.2 Å². The number of hydrogen-bond donors (Lipinski definition) is 1. The Bertz CT molecular complexity index is 722. The van der Waals surface area contributed by atoms with Crippen molar-refractivity contribution in [2.24, 2.45) is 0 Å². The molecule has 0 saturated carbocycles. The summed E-state index contributed by atoms with van der Waals surface area (Å²) in [6.45, 7) is 3.49. The van der Waals surface area contributed by atoms with E-state index in [1.165, 1.54) is 6.20 Å². The zero-order valence-corrected chi connectivity index (χ0v) is 14.3. The molecule has 1 aromatic heterocycles. The highest BCUT2D eigenvalue weighted by molar-refractivity contribution is 6.32.